The van der Waals surface area contributed by atoms with Crippen molar-refractivity contribution in [1.82, 2.24) is 0 Å². The van der Waals surface area contributed by atoms with Crippen molar-refractivity contribution in [3.05, 3.63) is 33.9 Å². The second kappa shape index (κ2) is 4.03. The maximum atomic E-state index is 10.5. The van der Waals surface area contributed by atoms with E-state index in [1.165, 1.54) is 6.07 Å². The Balaban J connectivity index is 3.22. The van der Waals surface area contributed by atoms with E-state index < -0.39 is 11.0 Å². The number of nitro groups is 1. The normalized spacial score (nSPS) is 12.4. The van der Waals surface area contributed by atoms with Crippen molar-refractivity contribution in [1.29, 1.82) is 0 Å². The van der Waals surface area contributed by atoms with Crippen LogP contribution in [0.25, 0.3) is 0 Å². The second-order valence-corrected chi connectivity index (χ2v) is 2.75. The maximum absolute atomic E-state index is 10.5. The number of aliphatic hydroxyl groups is 1. The van der Waals surface area contributed by atoms with E-state index in [-0.39, 0.29) is 23.5 Å². The fraction of sp³-hybridized carbons (Fsp3) is 0.250. The van der Waals surface area contributed by atoms with Gasteiger partial charge < -0.3 is 15.9 Å². The number of aliphatic hydroxyl groups excluding tert-OH is 1. The smallest absolute Gasteiger partial charge is 0.275 e. The van der Waals surface area contributed by atoms with Gasteiger partial charge in [-0.25, -0.2) is 0 Å². The van der Waals surface area contributed by atoms with Gasteiger partial charge in [0, 0.05) is 12.6 Å². The van der Waals surface area contributed by atoms with Gasteiger partial charge in [0.2, 0.25) is 0 Å². The quantitative estimate of drug-likeness (QED) is 0.477. The summed E-state index contributed by atoms with van der Waals surface area (Å²) in [6, 6.07) is 3.45. The fourth-order valence-corrected chi connectivity index (χ4v) is 1.10. The van der Waals surface area contributed by atoms with Crippen molar-refractivity contribution in [3.63, 3.8) is 0 Å². The van der Waals surface area contributed by atoms with Crippen LogP contribution in [0, 0.1) is 10.1 Å². The minimum Gasteiger partial charge on any atom is -0.508 e. The molecule has 0 fully saturated rings. The third-order valence-corrected chi connectivity index (χ3v) is 1.79. The zero-order valence-corrected chi connectivity index (χ0v) is 7.25. The molecule has 0 unspecified atom stereocenters. The molecule has 0 bridgehead atoms. The van der Waals surface area contributed by atoms with E-state index >= 15 is 0 Å². The Hall–Kier alpha value is -1.66. The van der Waals surface area contributed by atoms with E-state index in [9.17, 15) is 15.2 Å². The molecule has 0 saturated carbocycles. The van der Waals surface area contributed by atoms with Crippen molar-refractivity contribution < 1.29 is 15.1 Å². The Morgan fingerprint density at radius 1 is 1.57 bits per heavy atom. The van der Waals surface area contributed by atoms with Crippen LogP contribution in [0.15, 0.2) is 18.2 Å². The third kappa shape index (κ3) is 1.98. The summed E-state index contributed by atoms with van der Waals surface area (Å²) in [5, 5.41) is 29.0. The third-order valence-electron chi connectivity index (χ3n) is 1.79. The number of aromatic hydroxyl groups is 1. The van der Waals surface area contributed by atoms with Crippen molar-refractivity contribution in [2.24, 2.45) is 5.73 Å². The van der Waals surface area contributed by atoms with Crippen molar-refractivity contribution in [3.8, 4) is 5.75 Å². The van der Waals surface area contributed by atoms with Crippen LogP contribution in [0.4, 0.5) is 5.69 Å². The standard InChI is InChI=1S/C8H10N2O4/c9-4-8(12)6-3-5(11)1-2-7(6)10(13)14/h1-3,8,11-12H,4,9H2/t8-/m0/s1. The topological polar surface area (TPSA) is 110 Å². The Morgan fingerprint density at radius 2 is 2.21 bits per heavy atom. The molecule has 4 N–H and O–H groups in total. The average Bonchev–Trinajstić information content (AvgIpc) is 2.16. The first-order valence-electron chi connectivity index (χ1n) is 3.91. The number of rotatable bonds is 3. The van der Waals surface area contributed by atoms with Crippen LogP contribution in [0.2, 0.25) is 0 Å². The van der Waals surface area contributed by atoms with Crippen LogP contribution in [0.3, 0.4) is 0 Å². The molecule has 1 rings (SSSR count). The molecule has 0 spiro atoms. The number of nitrogens with zero attached hydrogens (tertiary/aromatic N) is 1. The van der Waals surface area contributed by atoms with Gasteiger partial charge in [0.1, 0.15) is 5.75 Å². The summed E-state index contributed by atoms with van der Waals surface area (Å²) in [4.78, 5) is 9.89. The van der Waals surface area contributed by atoms with Crippen LogP contribution < -0.4 is 5.73 Å². The highest BCUT2D eigenvalue weighted by Gasteiger charge is 2.19. The van der Waals surface area contributed by atoms with Crippen molar-refractivity contribution in [2.75, 3.05) is 6.54 Å². The number of hydrogen-bond acceptors (Lipinski definition) is 5. The first-order valence-corrected chi connectivity index (χ1v) is 3.91. The largest absolute Gasteiger partial charge is 0.508 e. The predicted octanol–water partition coefficient (Wildman–Crippen LogP) is 0.292. The maximum Gasteiger partial charge on any atom is 0.275 e. The van der Waals surface area contributed by atoms with Crippen LogP contribution in [-0.2, 0) is 0 Å². The van der Waals surface area contributed by atoms with Gasteiger partial charge in [0.05, 0.1) is 16.6 Å². The lowest BCUT2D eigenvalue weighted by Gasteiger charge is -2.08. The number of benzene rings is 1. The molecule has 0 amide bonds. The molecular formula is C8H10N2O4. The number of nitro benzene ring substituents is 1. The number of phenolic OH excluding ortho intramolecular Hbond substituents is 1. The van der Waals surface area contributed by atoms with Gasteiger partial charge in [0.25, 0.3) is 5.69 Å². The molecule has 6 heteroatoms. The lowest BCUT2D eigenvalue weighted by atomic mass is 10.1. The minimum atomic E-state index is -1.14. The highest BCUT2D eigenvalue weighted by atomic mass is 16.6. The monoisotopic (exact) mass is 198 g/mol. The number of nitrogens with two attached hydrogens (primary N) is 1. The molecule has 1 aromatic rings. The van der Waals surface area contributed by atoms with Gasteiger partial charge in [-0.2, -0.15) is 0 Å². The molecule has 0 heterocycles. The summed E-state index contributed by atoms with van der Waals surface area (Å²) in [6.07, 6.45) is -1.14. The molecule has 0 aliphatic rings. The van der Waals surface area contributed by atoms with E-state index in [0.29, 0.717) is 0 Å². The van der Waals surface area contributed by atoms with E-state index in [1.807, 2.05) is 0 Å². The molecule has 14 heavy (non-hydrogen) atoms. The molecule has 1 aromatic carbocycles. The van der Waals surface area contributed by atoms with E-state index in [0.717, 1.165) is 12.1 Å². The Bertz CT molecular complexity index is 353. The summed E-state index contributed by atoms with van der Waals surface area (Å²) >= 11 is 0. The van der Waals surface area contributed by atoms with Crippen LogP contribution in [0.1, 0.15) is 11.7 Å². The first kappa shape index (κ1) is 10.4. The van der Waals surface area contributed by atoms with Gasteiger partial charge in [-0.15, -0.1) is 0 Å². The molecule has 0 aliphatic heterocycles. The highest BCUT2D eigenvalue weighted by Crippen LogP contribution is 2.28. The number of phenols is 1. The fourth-order valence-electron chi connectivity index (χ4n) is 1.10. The first-order chi connectivity index (χ1) is 6.56. The summed E-state index contributed by atoms with van der Waals surface area (Å²) in [5.74, 6) is -0.141. The van der Waals surface area contributed by atoms with E-state index in [2.05, 4.69) is 0 Å². The zero-order chi connectivity index (χ0) is 10.7. The SMILES string of the molecule is NC[C@H](O)c1cc(O)ccc1[N+](=O)[O-]. The average molecular weight is 198 g/mol. The lowest BCUT2D eigenvalue weighted by Crippen LogP contribution is -2.13. The van der Waals surface area contributed by atoms with Gasteiger partial charge in [0.15, 0.2) is 0 Å². The van der Waals surface area contributed by atoms with E-state index in [1.54, 1.807) is 0 Å². The minimum absolute atomic E-state index is 0.0255. The predicted molar refractivity (Wildman–Crippen MR) is 48.8 cm³/mol. The van der Waals surface area contributed by atoms with E-state index in [4.69, 9.17) is 10.8 Å². The van der Waals surface area contributed by atoms with Gasteiger partial charge in [-0.05, 0) is 12.1 Å². The molecule has 0 aliphatic carbocycles. The Kier molecular flexibility index (Phi) is 3.00. The van der Waals surface area contributed by atoms with Gasteiger partial charge >= 0.3 is 0 Å². The van der Waals surface area contributed by atoms with Crippen LogP contribution in [-0.4, -0.2) is 21.7 Å². The van der Waals surface area contributed by atoms with Crippen molar-refractivity contribution >= 4 is 5.69 Å². The molecule has 1 atom stereocenters. The van der Waals surface area contributed by atoms with Crippen molar-refractivity contribution in [2.45, 2.75) is 6.10 Å². The number of hydrogen-bond donors (Lipinski definition) is 3. The zero-order valence-electron chi connectivity index (χ0n) is 7.25. The molecule has 76 valence electrons. The molecular weight excluding hydrogens is 188 g/mol. The van der Waals surface area contributed by atoms with Gasteiger partial charge in [-0.3, -0.25) is 10.1 Å². The molecule has 6 nitrogen and oxygen atoms in total. The highest BCUT2D eigenvalue weighted by molar-refractivity contribution is 5.46. The van der Waals surface area contributed by atoms with Crippen LogP contribution in [0.5, 0.6) is 5.75 Å². The lowest BCUT2D eigenvalue weighted by molar-refractivity contribution is -0.386. The molecule has 0 saturated heterocycles. The summed E-state index contributed by atoms with van der Waals surface area (Å²) in [5.41, 5.74) is 4.95. The second-order valence-electron chi connectivity index (χ2n) is 2.75. The molecule has 0 radical (unpaired) electrons. The van der Waals surface area contributed by atoms with Gasteiger partial charge in [-0.1, -0.05) is 0 Å². The summed E-state index contributed by atoms with van der Waals surface area (Å²) in [6.45, 7) is -0.135. The Morgan fingerprint density at radius 3 is 2.71 bits per heavy atom. The Labute approximate surface area is 79.7 Å². The molecule has 0 aromatic heterocycles. The summed E-state index contributed by atoms with van der Waals surface area (Å²) in [7, 11) is 0. The van der Waals surface area contributed by atoms with Crippen LogP contribution >= 0.6 is 0 Å². The summed E-state index contributed by atoms with van der Waals surface area (Å²) < 4.78 is 0.